The molecule has 2 rings (SSSR count). The molecule has 110 valence electrons. The van der Waals surface area contributed by atoms with Gasteiger partial charge in [0.2, 0.25) is 5.28 Å². The lowest BCUT2D eigenvalue weighted by Crippen LogP contribution is -2.16. The maximum Gasteiger partial charge on any atom is 0.254 e. The van der Waals surface area contributed by atoms with Crippen LogP contribution in [0, 0.1) is 0 Å². The van der Waals surface area contributed by atoms with Crippen molar-refractivity contribution < 1.29 is 14.6 Å². The van der Waals surface area contributed by atoms with Crippen molar-refractivity contribution in [1.82, 2.24) is 9.97 Å². The minimum absolute atomic E-state index is 0.00536. The molecule has 0 atom stereocenters. The zero-order chi connectivity index (χ0) is 15.4. The second-order valence-electron chi connectivity index (χ2n) is 4.13. The third kappa shape index (κ3) is 3.51. The van der Waals surface area contributed by atoms with Crippen molar-refractivity contribution in [3.63, 3.8) is 0 Å². The predicted molar refractivity (Wildman–Crippen MR) is 77.5 cm³/mol. The Morgan fingerprint density at radius 3 is 2.95 bits per heavy atom. The molecule has 0 radical (unpaired) electrons. The minimum Gasteiger partial charge on any atom is -0.504 e. The fraction of sp³-hybridized carbons (Fsp3) is 0.154. The number of aromatic nitrogens is 2. The summed E-state index contributed by atoms with van der Waals surface area (Å²) in [4.78, 5) is 18.9. The van der Waals surface area contributed by atoms with Crippen LogP contribution in [-0.4, -0.2) is 28.1 Å². The van der Waals surface area contributed by atoms with Crippen LogP contribution in [0.25, 0.3) is 0 Å². The van der Waals surface area contributed by atoms with E-state index in [9.17, 15) is 9.90 Å². The molecule has 7 nitrogen and oxygen atoms in total. The number of hydrogen-bond donors (Lipinski definition) is 3. The molecule has 0 aliphatic rings. The van der Waals surface area contributed by atoms with E-state index in [4.69, 9.17) is 22.1 Å². The predicted octanol–water partition coefficient (Wildman–Crippen LogP) is 1.56. The molecule has 0 saturated heterocycles. The second-order valence-corrected chi connectivity index (χ2v) is 4.46. The lowest BCUT2D eigenvalue weighted by molar-refractivity contribution is 0.100. The molecule has 1 heterocycles. The van der Waals surface area contributed by atoms with Crippen molar-refractivity contribution in [1.29, 1.82) is 0 Å². The number of methoxy groups -OCH3 is 1. The van der Waals surface area contributed by atoms with Crippen LogP contribution >= 0.6 is 11.6 Å². The first-order valence-electron chi connectivity index (χ1n) is 5.93. The van der Waals surface area contributed by atoms with Crippen LogP contribution in [0.4, 0.5) is 5.82 Å². The largest absolute Gasteiger partial charge is 0.504 e. The molecular weight excluding hydrogens is 296 g/mol. The van der Waals surface area contributed by atoms with Gasteiger partial charge in [0.05, 0.1) is 12.7 Å². The fourth-order valence-electron chi connectivity index (χ4n) is 1.69. The Kier molecular flexibility index (Phi) is 4.44. The van der Waals surface area contributed by atoms with Crippen molar-refractivity contribution in [3.05, 3.63) is 40.8 Å². The summed E-state index contributed by atoms with van der Waals surface area (Å²) in [6.07, 6.45) is 1.26. The van der Waals surface area contributed by atoms with Crippen molar-refractivity contribution in [2.75, 3.05) is 12.4 Å². The number of nitrogens with one attached hydrogen (secondary N) is 1. The van der Waals surface area contributed by atoms with E-state index in [2.05, 4.69) is 15.3 Å². The van der Waals surface area contributed by atoms with Gasteiger partial charge in [-0.3, -0.25) is 4.79 Å². The number of primary amides is 1. The van der Waals surface area contributed by atoms with Gasteiger partial charge in [-0.2, -0.15) is 4.98 Å². The maximum absolute atomic E-state index is 11.3. The van der Waals surface area contributed by atoms with E-state index in [0.717, 1.165) is 5.56 Å². The van der Waals surface area contributed by atoms with Gasteiger partial charge in [-0.15, -0.1) is 0 Å². The van der Waals surface area contributed by atoms with Crippen LogP contribution in [0.3, 0.4) is 0 Å². The number of aromatic hydroxyl groups is 1. The van der Waals surface area contributed by atoms with E-state index in [1.54, 1.807) is 12.1 Å². The van der Waals surface area contributed by atoms with Gasteiger partial charge in [-0.05, 0) is 29.3 Å². The number of carbonyl (C=O) groups excluding carboxylic acids is 1. The molecule has 8 heteroatoms. The van der Waals surface area contributed by atoms with E-state index in [-0.39, 0.29) is 22.4 Å². The third-order valence-electron chi connectivity index (χ3n) is 2.73. The van der Waals surface area contributed by atoms with Crippen molar-refractivity contribution in [2.24, 2.45) is 5.73 Å². The van der Waals surface area contributed by atoms with Gasteiger partial charge in [0.1, 0.15) is 5.82 Å². The Morgan fingerprint density at radius 1 is 1.52 bits per heavy atom. The highest BCUT2D eigenvalue weighted by molar-refractivity contribution is 6.28. The van der Waals surface area contributed by atoms with Gasteiger partial charge in [0, 0.05) is 12.7 Å². The Labute approximate surface area is 125 Å². The molecule has 4 N–H and O–H groups in total. The average Bonchev–Trinajstić information content (AvgIpc) is 2.46. The number of phenolic OH excluding ortho intramolecular Hbond substituents is 1. The highest BCUT2D eigenvalue weighted by Gasteiger charge is 2.11. The summed E-state index contributed by atoms with van der Waals surface area (Å²) in [5.74, 6) is -0.0127. The van der Waals surface area contributed by atoms with Crippen LogP contribution in [0.5, 0.6) is 11.5 Å². The minimum atomic E-state index is -0.655. The molecular formula is C13H13ClN4O3. The lowest BCUT2D eigenvalue weighted by atomic mass is 10.2. The van der Waals surface area contributed by atoms with Crippen LogP contribution in [0.15, 0.2) is 24.4 Å². The molecule has 0 saturated carbocycles. The maximum atomic E-state index is 11.3. The third-order valence-corrected chi connectivity index (χ3v) is 2.91. The Bertz CT molecular complexity index is 678. The highest BCUT2D eigenvalue weighted by Crippen LogP contribution is 2.26. The topological polar surface area (TPSA) is 110 Å². The summed E-state index contributed by atoms with van der Waals surface area (Å²) < 4.78 is 5.02. The summed E-state index contributed by atoms with van der Waals surface area (Å²) in [6, 6.07) is 4.88. The zero-order valence-corrected chi connectivity index (χ0v) is 11.9. The lowest BCUT2D eigenvalue weighted by Gasteiger charge is -2.10. The highest BCUT2D eigenvalue weighted by atomic mass is 35.5. The molecule has 0 aliphatic heterocycles. The number of ether oxygens (including phenoxy) is 1. The zero-order valence-electron chi connectivity index (χ0n) is 11.1. The first-order chi connectivity index (χ1) is 10.0. The van der Waals surface area contributed by atoms with Gasteiger partial charge in [-0.1, -0.05) is 6.07 Å². The molecule has 0 aliphatic carbocycles. The Balaban J connectivity index is 2.20. The number of halogens is 1. The SMILES string of the molecule is COc1cc(CNc2nc(Cl)ncc2C(N)=O)ccc1O. The molecule has 2 aromatic rings. The van der Waals surface area contributed by atoms with Gasteiger partial charge in [0.15, 0.2) is 11.5 Å². The van der Waals surface area contributed by atoms with Gasteiger partial charge in [-0.25, -0.2) is 4.98 Å². The number of rotatable bonds is 5. The van der Waals surface area contributed by atoms with E-state index in [1.165, 1.54) is 19.4 Å². The van der Waals surface area contributed by atoms with Crippen LogP contribution in [0.1, 0.15) is 15.9 Å². The number of nitrogens with two attached hydrogens (primary N) is 1. The van der Waals surface area contributed by atoms with Crippen molar-refractivity contribution in [2.45, 2.75) is 6.54 Å². The van der Waals surface area contributed by atoms with Gasteiger partial charge < -0.3 is 20.9 Å². The summed E-state index contributed by atoms with van der Waals surface area (Å²) in [7, 11) is 1.46. The van der Waals surface area contributed by atoms with E-state index < -0.39 is 5.91 Å². The molecule has 21 heavy (non-hydrogen) atoms. The fourth-order valence-corrected chi connectivity index (χ4v) is 1.83. The van der Waals surface area contributed by atoms with Crippen LogP contribution < -0.4 is 15.8 Å². The number of nitrogens with zero attached hydrogens (tertiary/aromatic N) is 2. The molecule has 0 unspecified atom stereocenters. The monoisotopic (exact) mass is 308 g/mol. The average molecular weight is 309 g/mol. The van der Waals surface area contributed by atoms with Crippen LogP contribution in [0.2, 0.25) is 5.28 Å². The molecule has 1 amide bonds. The van der Waals surface area contributed by atoms with E-state index in [0.29, 0.717) is 12.3 Å². The van der Waals surface area contributed by atoms with Crippen molar-refractivity contribution >= 4 is 23.3 Å². The molecule has 1 aromatic carbocycles. The molecule has 0 fully saturated rings. The Morgan fingerprint density at radius 2 is 2.29 bits per heavy atom. The number of hydrogen-bond acceptors (Lipinski definition) is 6. The first kappa shape index (κ1) is 14.9. The number of carbonyl (C=O) groups is 1. The van der Waals surface area contributed by atoms with E-state index >= 15 is 0 Å². The normalized spacial score (nSPS) is 10.2. The van der Waals surface area contributed by atoms with Crippen LogP contribution in [-0.2, 0) is 6.54 Å². The first-order valence-corrected chi connectivity index (χ1v) is 6.31. The molecule has 1 aromatic heterocycles. The number of anilines is 1. The molecule has 0 bridgehead atoms. The second kappa shape index (κ2) is 6.27. The Hall–Kier alpha value is -2.54. The van der Waals surface area contributed by atoms with E-state index in [1.807, 2.05) is 0 Å². The summed E-state index contributed by atoms with van der Waals surface area (Å²) >= 11 is 5.70. The smallest absolute Gasteiger partial charge is 0.254 e. The summed E-state index contributed by atoms with van der Waals surface area (Å²) in [6.45, 7) is 0.338. The number of phenols is 1. The standard InChI is InChI=1S/C13H13ClN4O3/c1-21-10-4-7(2-3-9(10)19)5-16-12-8(11(15)20)6-17-13(14)18-12/h2-4,6,19H,5H2,1H3,(H2,15,20)(H,16,17,18). The van der Waals surface area contributed by atoms with Gasteiger partial charge >= 0.3 is 0 Å². The quantitative estimate of drug-likeness (QED) is 0.723. The molecule has 0 spiro atoms. The van der Waals surface area contributed by atoms with Gasteiger partial charge in [0.25, 0.3) is 5.91 Å². The number of amides is 1. The van der Waals surface area contributed by atoms with Crippen molar-refractivity contribution in [3.8, 4) is 11.5 Å². The summed E-state index contributed by atoms with van der Waals surface area (Å²) in [5.41, 5.74) is 6.20. The summed E-state index contributed by atoms with van der Waals surface area (Å²) in [5, 5.41) is 12.5. The number of benzene rings is 1.